The predicted molar refractivity (Wildman–Crippen MR) is 123 cm³/mol. The Morgan fingerprint density at radius 3 is 2.61 bits per heavy atom. The van der Waals surface area contributed by atoms with Crippen LogP contribution in [0.25, 0.3) is 4.85 Å². The molecule has 0 aliphatic carbocycles. The molecule has 0 saturated heterocycles. The molecule has 2 aromatic carbocycles. The topological polar surface area (TPSA) is 72.2 Å². The molecule has 172 valence electrons. The lowest BCUT2D eigenvalue weighted by molar-refractivity contribution is 0.0531. The lowest BCUT2D eigenvalue weighted by atomic mass is 9.98. The predicted octanol–water partition coefficient (Wildman–Crippen LogP) is 5.20. The molecule has 7 nitrogen and oxygen atoms in total. The second-order valence-corrected chi connectivity index (χ2v) is 8.57. The molecule has 1 N–H and O–H groups in total. The molecule has 0 aromatic heterocycles. The van der Waals surface area contributed by atoms with Crippen molar-refractivity contribution >= 4 is 23.4 Å². The van der Waals surface area contributed by atoms with Gasteiger partial charge in [0.05, 0.1) is 12.9 Å². The van der Waals surface area contributed by atoms with E-state index in [-0.39, 0.29) is 24.6 Å². The van der Waals surface area contributed by atoms with Gasteiger partial charge < -0.3 is 19.7 Å². The normalized spacial score (nSPS) is 13.7. The largest absolute Gasteiger partial charge is 0.489 e. The fraction of sp³-hybridized carbons (Fsp3) is 0.320. The van der Waals surface area contributed by atoms with Crippen LogP contribution >= 0.6 is 0 Å². The summed E-state index contributed by atoms with van der Waals surface area (Å²) in [6, 6.07) is 12.1. The molecule has 0 spiro atoms. The standard InChI is InChI=1S/C25H26FN3O4/c1-25(2,3)33-24(31)28-15-17(14-26)16-32-21-9-10-22-18(13-21)11-12-29(23(22)30)20-7-5-19(27-4)6-8-20/h5-10,13-14H,11-12,15-16H2,1-3H3,(H,28,31)/b17-14+. The van der Waals surface area contributed by atoms with Crippen molar-refractivity contribution in [3.05, 3.63) is 76.9 Å². The van der Waals surface area contributed by atoms with Crippen LogP contribution in [-0.2, 0) is 11.2 Å². The molecule has 0 fully saturated rings. The van der Waals surface area contributed by atoms with Crippen LogP contribution in [0.15, 0.2) is 54.4 Å². The van der Waals surface area contributed by atoms with Gasteiger partial charge in [0.25, 0.3) is 5.91 Å². The van der Waals surface area contributed by atoms with Gasteiger partial charge >= 0.3 is 6.09 Å². The molecule has 0 unspecified atom stereocenters. The van der Waals surface area contributed by atoms with Gasteiger partial charge in [-0.15, -0.1) is 0 Å². The number of benzene rings is 2. The van der Waals surface area contributed by atoms with E-state index in [4.69, 9.17) is 16.0 Å². The fourth-order valence-corrected chi connectivity index (χ4v) is 3.31. The van der Waals surface area contributed by atoms with Gasteiger partial charge in [-0.1, -0.05) is 12.1 Å². The minimum Gasteiger partial charge on any atom is -0.489 e. The van der Waals surface area contributed by atoms with Crippen LogP contribution in [0.3, 0.4) is 0 Å². The number of nitrogens with zero attached hydrogens (tertiary/aromatic N) is 2. The molecule has 2 amide bonds. The van der Waals surface area contributed by atoms with Crippen molar-refractivity contribution in [2.45, 2.75) is 32.8 Å². The summed E-state index contributed by atoms with van der Waals surface area (Å²) in [5.74, 6) is 0.386. The molecule has 0 bridgehead atoms. The summed E-state index contributed by atoms with van der Waals surface area (Å²) in [5, 5.41) is 2.49. The van der Waals surface area contributed by atoms with Gasteiger partial charge in [0.2, 0.25) is 0 Å². The highest BCUT2D eigenvalue weighted by atomic mass is 19.1. The van der Waals surface area contributed by atoms with E-state index < -0.39 is 11.7 Å². The first-order valence-corrected chi connectivity index (χ1v) is 10.5. The van der Waals surface area contributed by atoms with Gasteiger partial charge in [-0.3, -0.25) is 4.79 Å². The average Bonchev–Trinajstić information content (AvgIpc) is 2.78. The van der Waals surface area contributed by atoms with Crippen LogP contribution < -0.4 is 15.0 Å². The molecule has 1 heterocycles. The zero-order valence-corrected chi connectivity index (χ0v) is 18.9. The summed E-state index contributed by atoms with van der Waals surface area (Å²) < 4.78 is 24.0. The monoisotopic (exact) mass is 451 g/mol. The third-order valence-corrected chi connectivity index (χ3v) is 4.88. The Balaban J connectivity index is 1.60. The number of rotatable bonds is 6. The maximum absolute atomic E-state index is 13.2. The van der Waals surface area contributed by atoms with Gasteiger partial charge in [0.1, 0.15) is 18.0 Å². The first-order valence-electron chi connectivity index (χ1n) is 10.5. The van der Waals surface area contributed by atoms with Gasteiger partial charge in [0.15, 0.2) is 5.69 Å². The van der Waals surface area contributed by atoms with E-state index in [1.54, 1.807) is 68.1 Å². The second-order valence-electron chi connectivity index (χ2n) is 8.57. The third kappa shape index (κ3) is 6.32. The maximum Gasteiger partial charge on any atom is 0.407 e. The quantitative estimate of drug-likeness (QED) is 0.613. The first-order chi connectivity index (χ1) is 15.7. The van der Waals surface area contributed by atoms with Crippen molar-refractivity contribution < 1.29 is 23.5 Å². The number of halogens is 1. The smallest absolute Gasteiger partial charge is 0.407 e. The van der Waals surface area contributed by atoms with E-state index in [0.29, 0.717) is 36.3 Å². The average molecular weight is 451 g/mol. The van der Waals surface area contributed by atoms with Crippen molar-refractivity contribution in [3.63, 3.8) is 0 Å². The Kier molecular flexibility index (Phi) is 7.34. The molecule has 0 saturated carbocycles. The SMILES string of the molecule is [C-]#[N+]c1ccc(N2CCc3cc(OC/C(=C/F)CNC(=O)OC(C)(C)C)ccc3C2=O)cc1. The van der Waals surface area contributed by atoms with E-state index >= 15 is 0 Å². The molecule has 8 heteroatoms. The van der Waals surface area contributed by atoms with Crippen LogP contribution in [0.2, 0.25) is 0 Å². The molecule has 3 rings (SSSR count). The fourth-order valence-electron chi connectivity index (χ4n) is 3.31. The van der Waals surface area contributed by atoms with E-state index in [1.165, 1.54) is 0 Å². The van der Waals surface area contributed by atoms with Crippen LogP contribution in [0, 0.1) is 6.57 Å². The Morgan fingerprint density at radius 2 is 1.97 bits per heavy atom. The number of nitrogens with one attached hydrogen (secondary N) is 1. The maximum atomic E-state index is 13.2. The molecule has 1 aliphatic rings. The number of carbonyl (C=O) groups excluding carboxylic acids is 2. The van der Waals surface area contributed by atoms with Crippen LogP contribution in [0.5, 0.6) is 5.75 Å². The first kappa shape index (κ1) is 23.8. The second kappa shape index (κ2) is 10.2. The van der Waals surface area contributed by atoms with E-state index in [9.17, 15) is 14.0 Å². The lowest BCUT2D eigenvalue weighted by Gasteiger charge is -2.29. The summed E-state index contributed by atoms with van der Waals surface area (Å²) >= 11 is 0. The number of carbonyl (C=O) groups is 2. The van der Waals surface area contributed by atoms with Crippen LogP contribution in [-0.4, -0.2) is 37.3 Å². The Morgan fingerprint density at radius 1 is 1.24 bits per heavy atom. The molecular formula is C25H26FN3O4. The zero-order chi connectivity index (χ0) is 24.0. The van der Waals surface area contributed by atoms with E-state index in [0.717, 1.165) is 11.3 Å². The molecule has 2 aromatic rings. The zero-order valence-electron chi connectivity index (χ0n) is 18.9. The van der Waals surface area contributed by atoms with Crippen molar-refractivity contribution in [1.29, 1.82) is 0 Å². The molecular weight excluding hydrogens is 425 g/mol. The summed E-state index contributed by atoms with van der Waals surface area (Å²) in [5.41, 5.74) is 2.29. The Bertz CT molecular complexity index is 1100. The highest BCUT2D eigenvalue weighted by Gasteiger charge is 2.26. The van der Waals surface area contributed by atoms with Crippen molar-refractivity contribution in [3.8, 4) is 5.75 Å². The number of hydrogen-bond donors (Lipinski definition) is 1. The van der Waals surface area contributed by atoms with Gasteiger partial charge in [-0.2, -0.15) is 0 Å². The van der Waals surface area contributed by atoms with Gasteiger partial charge in [0, 0.05) is 29.9 Å². The number of hydrogen-bond acceptors (Lipinski definition) is 4. The van der Waals surface area contributed by atoms with E-state index in [1.807, 2.05) is 0 Å². The van der Waals surface area contributed by atoms with Crippen LogP contribution in [0.1, 0.15) is 36.7 Å². The summed E-state index contributed by atoms with van der Waals surface area (Å²) in [6.07, 6.45) is 0.396. The lowest BCUT2D eigenvalue weighted by Crippen LogP contribution is -2.37. The van der Waals surface area contributed by atoms with Gasteiger partial charge in [-0.05, 0) is 63.1 Å². The van der Waals surface area contributed by atoms with Gasteiger partial charge in [-0.25, -0.2) is 14.0 Å². The number of anilines is 1. The van der Waals surface area contributed by atoms with Crippen molar-refractivity contribution in [2.24, 2.45) is 0 Å². The highest BCUT2D eigenvalue weighted by Crippen LogP contribution is 2.28. The third-order valence-electron chi connectivity index (χ3n) is 4.88. The Labute approximate surface area is 192 Å². The molecule has 33 heavy (non-hydrogen) atoms. The van der Waals surface area contributed by atoms with Crippen LogP contribution in [0.4, 0.5) is 20.6 Å². The minimum atomic E-state index is -0.641. The number of alkyl carbamates (subject to hydrolysis) is 1. The number of fused-ring (bicyclic) bond motifs is 1. The summed E-state index contributed by atoms with van der Waals surface area (Å²) in [4.78, 5) is 29.7. The van der Waals surface area contributed by atoms with Crippen molar-refractivity contribution in [2.75, 3.05) is 24.6 Å². The summed E-state index contributed by atoms with van der Waals surface area (Å²) in [6.45, 7) is 12.7. The number of amides is 2. The minimum absolute atomic E-state index is 0.0455. The van der Waals surface area contributed by atoms with Crippen molar-refractivity contribution in [1.82, 2.24) is 5.32 Å². The highest BCUT2D eigenvalue weighted by molar-refractivity contribution is 6.08. The van der Waals surface area contributed by atoms with E-state index in [2.05, 4.69) is 10.2 Å². The Hall–Kier alpha value is -3.86. The molecule has 0 radical (unpaired) electrons. The molecule has 1 aliphatic heterocycles. The number of ether oxygens (including phenoxy) is 2. The summed E-state index contributed by atoms with van der Waals surface area (Å²) in [7, 11) is 0. The molecule has 0 atom stereocenters.